The number of pyridine rings is 1. The minimum Gasteiger partial charge on any atom is -0.370 e. The molecule has 2 rings (SSSR count). The molecule has 0 amide bonds. The molecule has 0 bridgehead atoms. The van der Waals surface area contributed by atoms with Gasteiger partial charge in [0.2, 0.25) is 0 Å². The lowest BCUT2D eigenvalue weighted by molar-refractivity contribution is 0.00252. The highest BCUT2D eigenvalue weighted by Crippen LogP contribution is 2.24. The van der Waals surface area contributed by atoms with E-state index in [1.54, 1.807) is 0 Å². The van der Waals surface area contributed by atoms with E-state index >= 15 is 0 Å². The van der Waals surface area contributed by atoms with E-state index in [1.807, 2.05) is 37.1 Å². The molecule has 0 aromatic carbocycles. The highest BCUT2D eigenvalue weighted by atomic mass is 16.3. The van der Waals surface area contributed by atoms with E-state index in [2.05, 4.69) is 9.88 Å². The van der Waals surface area contributed by atoms with Crippen molar-refractivity contribution in [2.75, 3.05) is 31.6 Å². The SMILES string of the molecule is CN1CCN(c2cccc(CN)n2)[C@@](C)(O)C1. The molecule has 5 nitrogen and oxygen atoms in total. The zero-order valence-corrected chi connectivity index (χ0v) is 10.4. The molecule has 1 atom stereocenters. The van der Waals surface area contributed by atoms with Gasteiger partial charge in [-0.15, -0.1) is 0 Å². The number of nitrogens with zero attached hydrogens (tertiary/aromatic N) is 3. The molecule has 1 aromatic rings. The fourth-order valence-electron chi connectivity index (χ4n) is 2.28. The molecule has 2 heterocycles. The maximum atomic E-state index is 10.4. The Hall–Kier alpha value is -1.17. The second-order valence-corrected chi connectivity index (χ2v) is 4.80. The summed E-state index contributed by atoms with van der Waals surface area (Å²) >= 11 is 0. The second kappa shape index (κ2) is 4.60. The summed E-state index contributed by atoms with van der Waals surface area (Å²) in [5.74, 6) is 0.797. The second-order valence-electron chi connectivity index (χ2n) is 4.80. The van der Waals surface area contributed by atoms with Crippen molar-refractivity contribution in [2.45, 2.75) is 19.2 Å². The van der Waals surface area contributed by atoms with Crippen LogP contribution in [-0.2, 0) is 6.54 Å². The van der Waals surface area contributed by atoms with E-state index in [-0.39, 0.29) is 0 Å². The normalized spacial score (nSPS) is 26.2. The third-order valence-electron chi connectivity index (χ3n) is 3.13. The van der Waals surface area contributed by atoms with Crippen LogP contribution in [0.25, 0.3) is 0 Å². The first-order valence-electron chi connectivity index (χ1n) is 5.87. The van der Waals surface area contributed by atoms with Crippen LogP contribution in [0.15, 0.2) is 18.2 Å². The molecule has 0 saturated carbocycles. The number of aliphatic hydroxyl groups is 1. The van der Waals surface area contributed by atoms with Crippen LogP contribution >= 0.6 is 0 Å². The van der Waals surface area contributed by atoms with Crippen LogP contribution < -0.4 is 10.6 Å². The summed E-state index contributed by atoms with van der Waals surface area (Å²) in [5, 5.41) is 10.4. The van der Waals surface area contributed by atoms with E-state index in [0.29, 0.717) is 13.1 Å². The molecule has 1 saturated heterocycles. The Morgan fingerprint density at radius 3 is 2.88 bits per heavy atom. The van der Waals surface area contributed by atoms with E-state index in [9.17, 15) is 5.11 Å². The third-order valence-corrected chi connectivity index (χ3v) is 3.13. The number of aromatic nitrogens is 1. The quantitative estimate of drug-likeness (QED) is 0.756. The van der Waals surface area contributed by atoms with Gasteiger partial charge in [-0.1, -0.05) is 6.07 Å². The predicted molar refractivity (Wildman–Crippen MR) is 67.6 cm³/mol. The van der Waals surface area contributed by atoms with Gasteiger partial charge in [-0.05, 0) is 26.1 Å². The topological polar surface area (TPSA) is 65.6 Å². The summed E-state index contributed by atoms with van der Waals surface area (Å²) in [6, 6.07) is 5.74. The molecular weight excluding hydrogens is 216 g/mol. The lowest BCUT2D eigenvalue weighted by Crippen LogP contribution is -2.60. The summed E-state index contributed by atoms with van der Waals surface area (Å²) in [5.41, 5.74) is 5.55. The van der Waals surface area contributed by atoms with Gasteiger partial charge in [0.1, 0.15) is 11.5 Å². The largest absolute Gasteiger partial charge is 0.370 e. The van der Waals surface area contributed by atoms with Gasteiger partial charge in [-0.3, -0.25) is 4.90 Å². The molecule has 1 aliphatic heterocycles. The van der Waals surface area contributed by atoms with Crippen LogP contribution in [0.3, 0.4) is 0 Å². The number of rotatable bonds is 2. The summed E-state index contributed by atoms with van der Waals surface area (Å²) in [7, 11) is 2.01. The number of anilines is 1. The minimum absolute atomic E-state index is 0.420. The fraction of sp³-hybridized carbons (Fsp3) is 0.583. The molecule has 3 N–H and O–H groups in total. The van der Waals surface area contributed by atoms with Crippen LogP contribution in [0.1, 0.15) is 12.6 Å². The van der Waals surface area contributed by atoms with Crippen LogP contribution in [0, 0.1) is 0 Å². The Morgan fingerprint density at radius 1 is 1.47 bits per heavy atom. The number of likely N-dealkylation sites (N-methyl/N-ethyl adjacent to an activating group) is 1. The van der Waals surface area contributed by atoms with Gasteiger partial charge in [0.25, 0.3) is 0 Å². The van der Waals surface area contributed by atoms with Gasteiger partial charge in [-0.25, -0.2) is 4.98 Å². The molecule has 0 unspecified atom stereocenters. The standard InChI is InChI=1S/C12H20N4O/c1-12(17)9-15(2)6-7-16(12)11-5-3-4-10(8-13)14-11/h3-5,17H,6-9,13H2,1-2H3/t12-/m0/s1. The molecule has 17 heavy (non-hydrogen) atoms. The summed E-state index contributed by atoms with van der Waals surface area (Å²) in [6.45, 7) is 4.54. The van der Waals surface area contributed by atoms with Gasteiger partial charge in [0.15, 0.2) is 0 Å². The molecule has 1 fully saturated rings. The number of nitrogens with two attached hydrogens (primary N) is 1. The first kappa shape index (κ1) is 12.3. The Kier molecular flexibility index (Phi) is 3.33. The zero-order valence-electron chi connectivity index (χ0n) is 10.4. The number of β-amino-alcohol motifs (C(OH)–C–C–N with tert-alkyl or cyclic N) is 1. The number of piperazine rings is 1. The lowest BCUT2D eigenvalue weighted by Gasteiger charge is -2.45. The van der Waals surface area contributed by atoms with Crippen molar-refractivity contribution in [2.24, 2.45) is 5.73 Å². The monoisotopic (exact) mass is 236 g/mol. The van der Waals surface area contributed by atoms with Gasteiger partial charge in [-0.2, -0.15) is 0 Å². The predicted octanol–water partition coefficient (Wildman–Crippen LogP) is 0.000600. The van der Waals surface area contributed by atoms with Gasteiger partial charge < -0.3 is 15.7 Å². The number of hydrogen-bond acceptors (Lipinski definition) is 5. The van der Waals surface area contributed by atoms with Crippen LogP contribution in [0.4, 0.5) is 5.82 Å². The number of hydrogen-bond donors (Lipinski definition) is 2. The van der Waals surface area contributed by atoms with Gasteiger partial charge in [0, 0.05) is 26.2 Å². The van der Waals surface area contributed by atoms with Gasteiger partial charge in [0.05, 0.1) is 5.69 Å². The maximum absolute atomic E-state index is 10.4. The van der Waals surface area contributed by atoms with Crippen LogP contribution in [0.2, 0.25) is 0 Å². The lowest BCUT2D eigenvalue weighted by atomic mass is 10.1. The van der Waals surface area contributed by atoms with E-state index in [1.165, 1.54) is 0 Å². The van der Waals surface area contributed by atoms with Gasteiger partial charge >= 0.3 is 0 Å². The average molecular weight is 236 g/mol. The fourth-order valence-corrected chi connectivity index (χ4v) is 2.28. The molecule has 5 heteroatoms. The van der Waals surface area contributed by atoms with Crippen molar-refractivity contribution >= 4 is 5.82 Å². The van der Waals surface area contributed by atoms with Crippen LogP contribution in [0.5, 0.6) is 0 Å². The molecule has 1 aromatic heterocycles. The molecule has 0 spiro atoms. The Labute approximate surface area is 102 Å². The zero-order chi connectivity index (χ0) is 12.5. The van der Waals surface area contributed by atoms with Crippen molar-refractivity contribution in [3.05, 3.63) is 23.9 Å². The molecular formula is C12H20N4O. The van der Waals surface area contributed by atoms with Crippen molar-refractivity contribution in [1.29, 1.82) is 0 Å². The van der Waals surface area contributed by atoms with Crippen molar-refractivity contribution in [3.8, 4) is 0 Å². The Bertz CT molecular complexity index is 394. The smallest absolute Gasteiger partial charge is 0.149 e. The highest BCUT2D eigenvalue weighted by Gasteiger charge is 2.35. The Balaban J connectivity index is 2.26. The molecule has 1 aliphatic rings. The highest BCUT2D eigenvalue weighted by molar-refractivity contribution is 5.42. The van der Waals surface area contributed by atoms with E-state index < -0.39 is 5.72 Å². The van der Waals surface area contributed by atoms with Crippen molar-refractivity contribution in [1.82, 2.24) is 9.88 Å². The Morgan fingerprint density at radius 2 is 2.24 bits per heavy atom. The molecule has 94 valence electrons. The molecule has 0 radical (unpaired) electrons. The summed E-state index contributed by atoms with van der Waals surface area (Å²) < 4.78 is 0. The summed E-state index contributed by atoms with van der Waals surface area (Å²) in [6.07, 6.45) is 0. The van der Waals surface area contributed by atoms with Crippen molar-refractivity contribution < 1.29 is 5.11 Å². The summed E-state index contributed by atoms with van der Waals surface area (Å²) in [4.78, 5) is 8.51. The third kappa shape index (κ3) is 2.57. The van der Waals surface area contributed by atoms with Crippen LogP contribution in [-0.4, -0.2) is 47.4 Å². The molecule has 0 aliphatic carbocycles. The maximum Gasteiger partial charge on any atom is 0.149 e. The van der Waals surface area contributed by atoms with E-state index in [0.717, 1.165) is 24.6 Å². The van der Waals surface area contributed by atoms with Crippen molar-refractivity contribution in [3.63, 3.8) is 0 Å². The minimum atomic E-state index is -0.882. The van der Waals surface area contributed by atoms with E-state index in [4.69, 9.17) is 5.73 Å². The first-order chi connectivity index (χ1) is 8.03. The first-order valence-corrected chi connectivity index (χ1v) is 5.87. The average Bonchev–Trinajstić information content (AvgIpc) is 2.27.